The fourth-order valence-corrected chi connectivity index (χ4v) is 3.54. The molecule has 0 aliphatic carbocycles. The smallest absolute Gasteiger partial charge is 0.464 e. The van der Waals surface area contributed by atoms with E-state index in [0.717, 1.165) is 7.11 Å². The van der Waals surface area contributed by atoms with E-state index in [1.165, 1.54) is 6.08 Å². The molecule has 0 radical (unpaired) electrons. The second kappa shape index (κ2) is 6.99. The van der Waals surface area contributed by atoms with Gasteiger partial charge in [0.2, 0.25) is 0 Å². The van der Waals surface area contributed by atoms with Crippen LogP contribution in [0, 0.1) is 0 Å². The summed E-state index contributed by atoms with van der Waals surface area (Å²) in [4.78, 5) is 23.9. The van der Waals surface area contributed by atoms with E-state index in [4.69, 9.17) is 0 Å². The molecule has 0 bridgehead atoms. The maximum absolute atomic E-state index is 12.9. The second-order valence-electron chi connectivity index (χ2n) is 5.74. The quantitative estimate of drug-likeness (QED) is 0.477. The molecule has 0 aliphatic rings. The first-order chi connectivity index (χ1) is 10.5. The molecule has 0 heterocycles. The number of hydrogen-bond donors (Lipinski definition) is 0. The summed E-state index contributed by atoms with van der Waals surface area (Å²) in [5.41, 5.74) is 0.0753. The van der Waals surface area contributed by atoms with Crippen molar-refractivity contribution in [2.45, 2.75) is 25.8 Å². The molecule has 0 aliphatic heterocycles. The van der Waals surface area contributed by atoms with Crippen LogP contribution < -0.4 is 0 Å². The van der Waals surface area contributed by atoms with Crippen LogP contribution in [0.3, 0.4) is 0 Å². The number of esters is 1. The van der Waals surface area contributed by atoms with Crippen LogP contribution in [0.15, 0.2) is 36.0 Å². The van der Waals surface area contributed by atoms with Gasteiger partial charge in [0, 0.05) is 0 Å². The van der Waals surface area contributed by atoms with Gasteiger partial charge in [-0.05, 0) is 11.6 Å². The largest absolute Gasteiger partial charge is 0.470 e. The third-order valence-electron chi connectivity index (χ3n) is 2.85. The number of amides is 1. The van der Waals surface area contributed by atoms with Crippen LogP contribution in [-0.4, -0.2) is 38.0 Å². The summed E-state index contributed by atoms with van der Waals surface area (Å²) in [6.45, 7) is 4.62. The maximum atomic E-state index is 12.9. The van der Waals surface area contributed by atoms with Crippen LogP contribution >= 0.6 is 0 Å². The number of hydrogen-bond acceptors (Lipinski definition) is 3. The Labute approximate surface area is 133 Å². The second-order valence-corrected chi connectivity index (χ2v) is 10.5. The molecule has 0 atom stereocenters. The van der Waals surface area contributed by atoms with Crippen molar-refractivity contribution in [3.05, 3.63) is 41.6 Å². The van der Waals surface area contributed by atoms with Crippen LogP contribution in [0.5, 0.6) is 0 Å². The van der Waals surface area contributed by atoms with E-state index in [2.05, 4.69) is 4.74 Å². The monoisotopic (exact) mass is 345 g/mol. The molecular weight excluding hydrogens is 327 g/mol. The summed E-state index contributed by atoms with van der Waals surface area (Å²) < 4.78 is 44.0. The third-order valence-corrected chi connectivity index (χ3v) is 4.64. The average Bonchev–Trinajstić information content (AvgIpc) is 2.44. The number of carbonyl (C=O) groups excluding carboxylic acids is 2. The topological polar surface area (TPSA) is 46.6 Å². The zero-order valence-electron chi connectivity index (χ0n) is 13.3. The predicted molar refractivity (Wildman–Crippen MR) is 82.7 cm³/mol. The van der Waals surface area contributed by atoms with Gasteiger partial charge in [-0.25, -0.2) is 4.79 Å². The molecule has 0 unspecified atom stereocenters. The number of ether oxygens (including phenoxy) is 1. The minimum atomic E-state index is -5.08. The molecular formula is C15H18F3NO3Si. The van der Waals surface area contributed by atoms with Crippen molar-refractivity contribution in [1.29, 1.82) is 0 Å². The van der Waals surface area contributed by atoms with Crippen LogP contribution in [0.2, 0.25) is 19.6 Å². The van der Waals surface area contributed by atoms with Gasteiger partial charge in [-0.15, -0.1) is 0 Å². The summed E-state index contributed by atoms with van der Waals surface area (Å²) in [6, 6.07) is 8.30. The molecule has 4 nitrogen and oxygen atoms in total. The number of nitrogens with zero attached hydrogens (tertiary/aromatic N) is 1. The highest BCUT2D eigenvalue weighted by Gasteiger charge is 2.48. The van der Waals surface area contributed by atoms with Crippen molar-refractivity contribution in [3.8, 4) is 0 Å². The minimum Gasteiger partial charge on any atom is -0.464 e. The Morgan fingerprint density at radius 2 is 1.65 bits per heavy atom. The summed E-state index contributed by atoms with van der Waals surface area (Å²) in [5.74, 6) is -3.06. The Bertz CT molecular complexity index is 607. The highest BCUT2D eigenvalue weighted by molar-refractivity contribution is 6.76. The van der Waals surface area contributed by atoms with E-state index in [1.807, 2.05) is 0 Å². The Morgan fingerprint density at radius 1 is 1.13 bits per heavy atom. The van der Waals surface area contributed by atoms with Crippen LogP contribution in [0.4, 0.5) is 13.2 Å². The fraction of sp³-hybridized carbons (Fsp3) is 0.333. The van der Waals surface area contributed by atoms with Gasteiger partial charge in [-0.1, -0.05) is 50.0 Å². The fourth-order valence-electron chi connectivity index (χ4n) is 1.93. The predicted octanol–water partition coefficient (Wildman–Crippen LogP) is 3.43. The summed E-state index contributed by atoms with van der Waals surface area (Å²) in [5, 5.41) is 0. The average molecular weight is 345 g/mol. The van der Waals surface area contributed by atoms with Crippen molar-refractivity contribution >= 4 is 26.2 Å². The molecule has 0 aromatic heterocycles. The molecule has 1 aromatic carbocycles. The first kappa shape index (κ1) is 19.0. The van der Waals surface area contributed by atoms with E-state index in [1.54, 1.807) is 50.0 Å². The Kier molecular flexibility index (Phi) is 5.76. The molecule has 0 spiro atoms. The van der Waals surface area contributed by atoms with Crippen LogP contribution in [0.25, 0.3) is 6.08 Å². The van der Waals surface area contributed by atoms with E-state index in [-0.39, 0.29) is 0 Å². The molecule has 0 saturated carbocycles. The lowest BCUT2D eigenvalue weighted by atomic mass is 10.2. The number of alkyl halides is 3. The first-order valence-electron chi connectivity index (χ1n) is 6.75. The summed E-state index contributed by atoms with van der Waals surface area (Å²) in [6.07, 6.45) is -3.85. The van der Waals surface area contributed by atoms with Gasteiger partial charge < -0.3 is 9.30 Å². The zero-order valence-corrected chi connectivity index (χ0v) is 14.3. The highest BCUT2D eigenvalue weighted by atomic mass is 28.3. The maximum Gasteiger partial charge on any atom is 0.470 e. The van der Waals surface area contributed by atoms with E-state index in [9.17, 15) is 22.8 Å². The summed E-state index contributed by atoms with van der Waals surface area (Å²) in [7, 11) is -1.80. The van der Waals surface area contributed by atoms with Gasteiger partial charge in [0.15, 0.2) is 8.24 Å². The lowest BCUT2D eigenvalue weighted by molar-refractivity contribution is -0.180. The number of carbonyl (C=O) groups is 2. The van der Waals surface area contributed by atoms with Crippen molar-refractivity contribution in [3.63, 3.8) is 0 Å². The van der Waals surface area contributed by atoms with E-state index >= 15 is 0 Å². The van der Waals surface area contributed by atoms with Gasteiger partial charge in [-0.3, -0.25) is 4.79 Å². The number of rotatable bonds is 4. The van der Waals surface area contributed by atoms with Crippen molar-refractivity contribution in [1.82, 2.24) is 4.57 Å². The number of methoxy groups -OCH3 is 1. The van der Waals surface area contributed by atoms with Gasteiger partial charge in [0.25, 0.3) is 0 Å². The molecule has 1 rings (SSSR count). The lowest BCUT2D eigenvalue weighted by Crippen LogP contribution is -2.55. The number of halogens is 3. The van der Waals surface area contributed by atoms with E-state index < -0.39 is 32.0 Å². The van der Waals surface area contributed by atoms with E-state index in [0.29, 0.717) is 10.1 Å². The normalized spacial score (nSPS) is 12.7. The van der Waals surface area contributed by atoms with Gasteiger partial charge in [0.05, 0.1) is 7.11 Å². The summed E-state index contributed by atoms with van der Waals surface area (Å²) >= 11 is 0. The van der Waals surface area contributed by atoms with Crippen LogP contribution in [-0.2, 0) is 14.3 Å². The molecule has 1 aromatic rings. The molecule has 0 N–H and O–H groups in total. The molecule has 0 fully saturated rings. The molecule has 126 valence electrons. The van der Waals surface area contributed by atoms with Gasteiger partial charge in [0.1, 0.15) is 5.70 Å². The Hall–Kier alpha value is -2.09. The minimum absolute atomic E-state index is 0.416. The SMILES string of the molecule is COC(=O)/C(=C/c1ccccc1)N(C(=O)C(F)(F)F)[Si](C)(C)C. The molecule has 1 amide bonds. The Balaban J connectivity index is 3.50. The van der Waals surface area contributed by atoms with Gasteiger partial charge >= 0.3 is 18.1 Å². The van der Waals surface area contributed by atoms with Gasteiger partial charge in [-0.2, -0.15) is 13.2 Å². The van der Waals surface area contributed by atoms with Crippen molar-refractivity contribution in [2.75, 3.05) is 7.11 Å². The zero-order chi connectivity index (χ0) is 17.8. The third kappa shape index (κ3) is 4.95. The lowest BCUT2D eigenvalue weighted by Gasteiger charge is -2.35. The van der Waals surface area contributed by atoms with Crippen LogP contribution in [0.1, 0.15) is 5.56 Å². The van der Waals surface area contributed by atoms with Crippen molar-refractivity contribution in [2.24, 2.45) is 0 Å². The Morgan fingerprint density at radius 3 is 2.04 bits per heavy atom. The molecule has 8 heteroatoms. The standard InChI is InChI=1S/C15H18F3NO3Si/c1-22-13(20)12(10-11-8-6-5-7-9-11)19(23(2,3)4)14(21)15(16,17)18/h5-10H,1-4H3/b12-10-. The van der Waals surface area contributed by atoms with Crippen molar-refractivity contribution < 1.29 is 27.5 Å². The first-order valence-corrected chi connectivity index (χ1v) is 10.2. The molecule has 23 heavy (non-hydrogen) atoms. The molecule has 0 saturated heterocycles. The number of benzene rings is 1. The highest BCUT2D eigenvalue weighted by Crippen LogP contribution is 2.28.